The van der Waals surface area contributed by atoms with Crippen LogP contribution in [0.1, 0.15) is 63.9 Å². The Balaban J connectivity index is 1.94. The molecule has 24 heavy (non-hydrogen) atoms. The van der Waals surface area contributed by atoms with Crippen LogP contribution in [0.4, 0.5) is 0 Å². The number of benzene rings is 1. The largest absolute Gasteiger partial charge is 0.497 e. The van der Waals surface area contributed by atoms with Crippen molar-refractivity contribution >= 4 is 0 Å². The first kappa shape index (κ1) is 17.4. The zero-order chi connectivity index (χ0) is 17.4. The molecule has 0 amide bonds. The lowest BCUT2D eigenvalue weighted by molar-refractivity contribution is -0.0779. The topological polar surface area (TPSA) is 29.5 Å². The first-order chi connectivity index (χ1) is 11.5. The van der Waals surface area contributed by atoms with Gasteiger partial charge in [0, 0.05) is 5.41 Å². The number of terminal acetylenes is 1. The number of ether oxygens (including phenoxy) is 1. The van der Waals surface area contributed by atoms with Crippen molar-refractivity contribution in [2.45, 2.75) is 63.9 Å². The highest BCUT2D eigenvalue weighted by Gasteiger charge is 2.61. The zero-order valence-electron chi connectivity index (χ0n) is 15.2. The zero-order valence-corrected chi connectivity index (χ0v) is 15.2. The molecule has 0 aliphatic heterocycles. The summed E-state index contributed by atoms with van der Waals surface area (Å²) in [6, 6.07) is 8.56. The van der Waals surface area contributed by atoms with Crippen LogP contribution in [0.15, 0.2) is 24.3 Å². The standard InChI is InChI=1S/C22H30O2/c1-5-18-19(16-8-10-17(24-4)11-9-16)12-14-21(6-2)20(18)13-15-22(21,23)7-3/h3,8-11,18-20,23H,5-6,12-15H2,1-2,4H3. The van der Waals surface area contributed by atoms with Crippen molar-refractivity contribution in [1.82, 2.24) is 0 Å². The smallest absolute Gasteiger partial charge is 0.131 e. The predicted octanol–water partition coefficient (Wildman–Crippen LogP) is 4.77. The molecule has 2 nitrogen and oxygen atoms in total. The number of rotatable bonds is 4. The van der Waals surface area contributed by atoms with Gasteiger partial charge >= 0.3 is 0 Å². The van der Waals surface area contributed by atoms with Gasteiger partial charge < -0.3 is 9.84 Å². The molecule has 3 rings (SSSR count). The summed E-state index contributed by atoms with van der Waals surface area (Å²) >= 11 is 0. The second-order valence-electron chi connectivity index (χ2n) is 7.65. The average molecular weight is 326 g/mol. The SMILES string of the molecule is C#CC1(O)CCC2C(CC)C(c3ccc(OC)cc3)CCC21CC. The maximum atomic E-state index is 11.1. The first-order valence-electron chi connectivity index (χ1n) is 9.39. The van der Waals surface area contributed by atoms with E-state index in [1.165, 1.54) is 5.56 Å². The summed E-state index contributed by atoms with van der Waals surface area (Å²) in [4.78, 5) is 0. The fourth-order valence-electron chi connectivity index (χ4n) is 5.90. The molecule has 0 aromatic heterocycles. The molecule has 2 aliphatic carbocycles. The Morgan fingerprint density at radius 2 is 1.92 bits per heavy atom. The fourth-order valence-corrected chi connectivity index (χ4v) is 5.90. The quantitative estimate of drug-likeness (QED) is 0.808. The molecule has 2 heteroatoms. The van der Waals surface area contributed by atoms with E-state index in [9.17, 15) is 5.11 Å². The lowest BCUT2D eigenvalue weighted by Crippen LogP contribution is -2.50. The summed E-state index contributed by atoms with van der Waals surface area (Å²) < 4.78 is 5.30. The molecule has 0 spiro atoms. The van der Waals surface area contributed by atoms with Crippen LogP contribution in [-0.2, 0) is 0 Å². The van der Waals surface area contributed by atoms with E-state index in [2.05, 4.69) is 44.0 Å². The van der Waals surface area contributed by atoms with E-state index in [0.717, 1.165) is 44.3 Å². The average Bonchev–Trinajstić information content (AvgIpc) is 2.95. The Hall–Kier alpha value is -1.46. The van der Waals surface area contributed by atoms with Gasteiger partial charge in [-0.1, -0.05) is 38.3 Å². The van der Waals surface area contributed by atoms with Crippen molar-refractivity contribution in [3.63, 3.8) is 0 Å². The Morgan fingerprint density at radius 1 is 1.21 bits per heavy atom. The Kier molecular flexibility index (Phi) is 4.67. The maximum Gasteiger partial charge on any atom is 0.131 e. The van der Waals surface area contributed by atoms with Gasteiger partial charge in [0.25, 0.3) is 0 Å². The van der Waals surface area contributed by atoms with Crippen molar-refractivity contribution in [1.29, 1.82) is 0 Å². The summed E-state index contributed by atoms with van der Waals surface area (Å²) in [5.41, 5.74) is 0.402. The summed E-state index contributed by atoms with van der Waals surface area (Å²) in [7, 11) is 1.71. The van der Waals surface area contributed by atoms with E-state index in [1.807, 2.05) is 0 Å². The van der Waals surface area contributed by atoms with Crippen LogP contribution < -0.4 is 4.74 Å². The van der Waals surface area contributed by atoms with Crippen LogP contribution >= 0.6 is 0 Å². The molecule has 5 unspecified atom stereocenters. The van der Waals surface area contributed by atoms with Crippen molar-refractivity contribution in [2.24, 2.45) is 17.3 Å². The van der Waals surface area contributed by atoms with Gasteiger partial charge in [-0.15, -0.1) is 6.42 Å². The lowest BCUT2D eigenvalue weighted by atomic mass is 9.53. The Bertz CT molecular complexity index is 614. The van der Waals surface area contributed by atoms with Crippen molar-refractivity contribution < 1.29 is 9.84 Å². The Morgan fingerprint density at radius 3 is 2.46 bits per heavy atom. The van der Waals surface area contributed by atoms with Gasteiger partial charge in [0.05, 0.1) is 7.11 Å². The van der Waals surface area contributed by atoms with E-state index in [4.69, 9.17) is 11.2 Å². The highest BCUT2D eigenvalue weighted by atomic mass is 16.5. The lowest BCUT2D eigenvalue weighted by Gasteiger charge is -2.52. The van der Waals surface area contributed by atoms with Crippen LogP contribution in [0.3, 0.4) is 0 Å². The molecule has 130 valence electrons. The Labute approximate surface area is 146 Å². The summed E-state index contributed by atoms with van der Waals surface area (Å²) in [5.74, 6) is 5.37. The number of hydrogen-bond donors (Lipinski definition) is 1. The molecule has 5 atom stereocenters. The van der Waals surface area contributed by atoms with Gasteiger partial charge in [-0.25, -0.2) is 0 Å². The monoisotopic (exact) mass is 326 g/mol. The molecule has 0 bridgehead atoms. The van der Waals surface area contributed by atoms with Gasteiger partial charge in [0.2, 0.25) is 0 Å². The normalized spacial score (nSPS) is 38.4. The molecule has 2 fully saturated rings. The van der Waals surface area contributed by atoms with Crippen LogP contribution in [0.2, 0.25) is 0 Å². The molecular weight excluding hydrogens is 296 g/mol. The first-order valence-corrected chi connectivity index (χ1v) is 9.39. The van der Waals surface area contributed by atoms with Crippen LogP contribution in [-0.4, -0.2) is 17.8 Å². The third-order valence-electron chi connectivity index (χ3n) is 7.17. The van der Waals surface area contributed by atoms with Crippen molar-refractivity contribution in [2.75, 3.05) is 7.11 Å². The molecule has 2 aliphatic rings. The van der Waals surface area contributed by atoms with E-state index in [1.54, 1.807) is 7.11 Å². The number of aliphatic hydroxyl groups is 1. The molecule has 0 radical (unpaired) electrons. The van der Waals surface area contributed by atoms with E-state index < -0.39 is 5.60 Å². The second-order valence-corrected chi connectivity index (χ2v) is 7.65. The van der Waals surface area contributed by atoms with E-state index in [0.29, 0.717) is 17.8 Å². The van der Waals surface area contributed by atoms with Gasteiger partial charge in [-0.3, -0.25) is 0 Å². The molecule has 1 N–H and O–H groups in total. The third kappa shape index (κ3) is 2.37. The summed E-state index contributed by atoms with van der Waals surface area (Å²) in [6.45, 7) is 4.50. The van der Waals surface area contributed by atoms with Crippen molar-refractivity contribution in [3.8, 4) is 18.1 Å². The molecule has 1 aromatic carbocycles. The van der Waals surface area contributed by atoms with Crippen LogP contribution in [0.5, 0.6) is 5.75 Å². The van der Waals surface area contributed by atoms with Gasteiger partial charge in [-0.05, 0) is 67.6 Å². The molecule has 1 aromatic rings. The van der Waals surface area contributed by atoms with Gasteiger partial charge in [-0.2, -0.15) is 0 Å². The number of hydrogen-bond acceptors (Lipinski definition) is 2. The van der Waals surface area contributed by atoms with Crippen molar-refractivity contribution in [3.05, 3.63) is 29.8 Å². The van der Waals surface area contributed by atoms with E-state index in [-0.39, 0.29) is 5.41 Å². The number of fused-ring (bicyclic) bond motifs is 1. The molecule has 0 saturated heterocycles. The maximum absolute atomic E-state index is 11.1. The second kappa shape index (κ2) is 6.45. The molecular formula is C22H30O2. The van der Waals surface area contributed by atoms with Gasteiger partial charge in [0.1, 0.15) is 11.4 Å². The molecule has 2 saturated carbocycles. The summed E-state index contributed by atoms with van der Waals surface area (Å²) in [6.07, 6.45) is 11.9. The van der Waals surface area contributed by atoms with Crippen LogP contribution in [0.25, 0.3) is 0 Å². The fraction of sp³-hybridized carbons (Fsp3) is 0.636. The van der Waals surface area contributed by atoms with E-state index >= 15 is 0 Å². The molecule has 0 heterocycles. The highest BCUT2D eigenvalue weighted by molar-refractivity contribution is 5.32. The number of methoxy groups -OCH3 is 1. The van der Waals surface area contributed by atoms with Crippen LogP contribution in [0, 0.1) is 29.6 Å². The minimum absolute atomic E-state index is 0.0919. The third-order valence-corrected chi connectivity index (χ3v) is 7.17. The highest BCUT2D eigenvalue weighted by Crippen LogP contribution is 2.64. The minimum atomic E-state index is -0.912. The minimum Gasteiger partial charge on any atom is -0.497 e. The summed E-state index contributed by atoms with van der Waals surface area (Å²) in [5, 5.41) is 11.1. The predicted molar refractivity (Wildman–Crippen MR) is 98.0 cm³/mol. The van der Waals surface area contributed by atoms with Gasteiger partial charge in [0.15, 0.2) is 0 Å².